The molecule has 2 aromatic carbocycles. The standard InChI is InChI=1S/C15H12F2INO3/c1-21-12-7-3-6-11(13(12)22-15(16)17)14(20)19-10-5-2-4-9(18)8-10/h2-8,15H,1H3,(H,19,20). The Morgan fingerprint density at radius 1 is 1.23 bits per heavy atom. The van der Waals surface area contributed by atoms with Crippen molar-refractivity contribution in [1.29, 1.82) is 0 Å². The molecule has 7 heteroatoms. The maximum absolute atomic E-state index is 12.5. The predicted molar refractivity (Wildman–Crippen MR) is 86.7 cm³/mol. The van der Waals surface area contributed by atoms with Crippen molar-refractivity contribution in [3.05, 3.63) is 51.6 Å². The van der Waals surface area contributed by atoms with Crippen LogP contribution in [0, 0.1) is 3.57 Å². The van der Waals surface area contributed by atoms with Crippen LogP contribution in [0.2, 0.25) is 0 Å². The van der Waals surface area contributed by atoms with Gasteiger partial charge in [0.2, 0.25) is 0 Å². The quantitative estimate of drug-likeness (QED) is 0.741. The van der Waals surface area contributed by atoms with Crippen LogP contribution in [-0.4, -0.2) is 19.6 Å². The molecule has 0 fully saturated rings. The molecular formula is C15H12F2INO3. The number of anilines is 1. The average molecular weight is 419 g/mol. The normalized spacial score (nSPS) is 10.4. The fraction of sp³-hybridized carbons (Fsp3) is 0.133. The smallest absolute Gasteiger partial charge is 0.387 e. The molecule has 0 spiro atoms. The minimum Gasteiger partial charge on any atom is -0.493 e. The van der Waals surface area contributed by atoms with Crippen LogP contribution in [0.1, 0.15) is 10.4 Å². The highest BCUT2D eigenvalue weighted by atomic mass is 127. The molecule has 22 heavy (non-hydrogen) atoms. The zero-order valence-electron chi connectivity index (χ0n) is 11.5. The Kier molecular flexibility index (Phi) is 5.53. The van der Waals surface area contributed by atoms with Crippen molar-refractivity contribution in [2.45, 2.75) is 6.61 Å². The monoisotopic (exact) mass is 419 g/mol. The van der Waals surface area contributed by atoms with E-state index in [9.17, 15) is 13.6 Å². The van der Waals surface area contributed by atoms with Crippen LogP contribution in [0.15, 0.2) is 42.5 Å². The number of ether oxygens (including phenoxy) is 2. The zero-order chi connectivity index (χ0) is 16.1. The van der Waals surface area contributed by atoms with E-state index in [2.05, 4.69) is 32.6 Å². The van der Waals surface area contributed by atoms with E-state index >= 15 is 0 Å². The van der Waals surface area contributed by atoms with Crippen molar-refractivity contribution >= 4 is 34.2 Å². The molecule has 0 saturated heterocycles. The average Bonchev–Trinajstić information content (AvgIpc) is 2.46. The van der Waals surface area contributed by atoms with Gasteiger partial charge in [-0.3, -0.25) is 4.79 Å². The number of hydrogen-bond donors (Lipinski definition) is 1. The third-order valence-electron chi connectivity index (χ3n) is 2.73. The van der Waals surface area contributed by atoms with Crippen LogP contribution >= 0.6 is 22.6 Å². The number of benzene rings is 2. The third-order valence-corrected chi connectivity index (χ3v) is 3.40. The summed E-state index contributed by atoms with van der Waals surface area (Å²) in [4.78, 5) is 12.3. The summed E-state index contributed by atoms with van der Waals surface area (Å²) in [5, 5.41) is 2.64. The molecule has 2 aromatic rings. The number of carbonyl (C=O) groups excluding carboxylic acids is 1. The summed E-state index contributed by atoms with van der Waals surface area (Å²) in [5.74, 6) is -0.782. The van der Waals surface area contributed by atoms with E-state index in [1.807, 2.05) is 6.07 Å². The van der Waals surface area contributed by atoms with Gasteiger partial charge in [0.05, 0.1) is 12.7 Å². The molecule has 0 unspecified atom stereocenters. The molecule has 1 N–H and O–H groups in total. The van der Waals surface area contributed by atoms with Gasteiger partial charge in [-0.1, -0.05) is 12.1 Å². The maximum atomic E-state index is 12.5. The van der Waals surface area contributed by atoms with Crippen LogP contribution in [0.5, 0.6) is 11.5 Å². The summed E-state index contributed by atoms with van der Waals surface area (Å²) in [5.41, 5.74) is 0.529. The number of nitrogens with one attached hydrogen (secondary N) is 1. The Bertz CT molecular complexity index is 680. The SMILES string of the molecule is COc1cccc(C(=O)Nc2cccc(I)c2)c1OC(F)F. The second kappa shape index (κ2) is 7.39. The van der Waals surface area contributed by atoms with E-state index in [-0.39, 0.29) is 17.1 Å². The van der Waals surface area contributed by atoms with Gasteiger partial charge in [-0.25, -0.2) is 0 Å². The number of para-hydroxylation sites is 1. The molecule has 0 saturated carbocycles. The van der Waals surface area contributed by atoms with Crippen molar-refractivity contribution in [3.8, 4) is 11.5 Å². The van der Waals surface area contributed by atoms with E-state index in [4.69, 9.17) is 4.74 Å². The van der Waals surface area contributed by atoms with Crippen LogP contribution in [0.25, 0.3) is 0 Å². The molecule has 0 aliphatic carbocycles. The van der Waals surface area contributed by atoms with E-state index in [1.54, 1.807) is 18.2 Å². The fourth-order valence-corrected chi connectivity index (χ4v) is 2.37. The third kappa shape index (κ3) is 4.06. The van der Waals surface area contributed by atoms with Gasteiger partial charge in [0, 0.05) is 9.26 Å². The lowest BCUT2D eigenvalue weighted by molar-refractivity contribution is -0.0515. The number of rotatable bonds is 5. The van der Waals surface area contributed by atoms with Crippen LogP contribution in [0.3, 0.4) is 0 Å². The van der Waals surface area contributed by atoms with Gasteiger partial charge in [0.15, 0.2) is 11.5 Å². The molecule has 0 bridgehead atoms. The van der Waals surface area contributed by atoms with Crippen molar-refractivity contribution in [3.63, 3.8) is 0 Å². The molecule has 0 atom stereocenters. The Morgan fingerprint density at radius 2 is 1.95 bits per heavy atom. The number of carbonyl (C=O) groups is 1. The topological polar surface area (TPSA) is 47.6 Å². The molecule has 1 amide bonds. The van der Waals surface area contributed by atoms with Crippen LogP contribution in [-0.2, 0) is 0 Å². The Morgan fingerprint density at radius 3 is 2.59 bits per heavy atom. The second-order valence-corrected chi connectivity index (χ2v) is 5.43. The number of amides is 1. The summed E-state index contributed by atoms with van der Waals surface area (Å²) >= 11 is 2.11. The highest BCUT2D eigenvalue weighted by molar-refractivity contribution is 14.1. The largest absolute Gasteiger partial charge is 0.493 e. The highest BCUT2D eigenvalue weighted by Crippen LogP contribution is 2.33. The van der Waals surface area contributed by atoms with Crippen molar-refractivity contribution in [2.24, 2.45) is 0 Å². The van der Waals surface area contributed by atoms with Gasteiger partial charge >= 0.3 is 6.61 Å². The molecular weight excluding hydrogens is 407 g/mol. The van der Waals surface area contributed by atoms with Gasteiger partial charge < -0.3 is 14.8 Å². The highest BCUT2D eigenvalue weighted by Gasteiger charge is 2.20. The summed E-state index contributed by atoms with van der Waals surface area (Å²) in [6, 6.07) is 11.5. The van der Waals surface area contributed by atoms with Crippen LogP contribution < -0.4 is 14.8 Å². The zero-order valence-corrected chi connectivity index (χ0v) is 13.6. The first-order chi connectivity index (χ1) is 10.5. The molecule has 0 heterocycles. The summed E-state index contributed by atoms with van der Waals surface area (Å²) in [6.45, 7) is -3.06. The Labute approximate surface area is 139 Å². The van der Waals surface area contributed by atoms with E-state index < -0.39 is 12.5 Å². The summed E-state index contributed by atoms with van der Waals surface area (Å²) in [6.07, 6.45) is 0. The lowest BCUT2D eigenvalue weighted by atomic mass is 10.1. The number of halogens is 3. The predicted octanol–water partition coefficient (Wildman–Crippen LogP) is 4.15. The van der Waals surface area contributed by atoms with Crippen molar-refractivity contribution in [1.82, 2.24) is 0 Å². The lowest BCUT2D eigenvalue weighted by Gasteiger charge is -2.14. The Hall–Kier alpha value is -1.90. The van der Waals surface area contributed by atoms with Gasteiger partial charge in [-0.15, -0.1) is 0 Å². The molecule has 0 radical (unpaired) electrons. The fourth-order valence-electron chi connectivity index (χ4n) is 1.83. The number of hydrogen-bond acceptors (Lipinski definition) is 3. The molecule has 0 aromatic heterocycles. The van der Waals surface area contributed by atoms with E-state index in [0.29, 0.717) is 5.69 Å². The molecule has 0 aliphatic rings. The van der Waals surface area contributed by atoms with Gasteiger partial charge in [0.1, 0.15) is 0 Å². The van der Waals surface area contributed by atoms with Crippen LogP contribution in [0.4, 0.5) is 14.5 Å². The maximum Gasteiger partial charge on any atom is 0.387 e. The van der Waals surface area contributed by atoms with E-state index in [0.717, 1.165) is 3.57 Å². The van der Waals surface area contributed by atoms with E-state index in [1.165, 1.54) is 25.3 Å². The number of alkyl halides is 2. The van der Waals surface area contributed by atoms with Gasteiger partial charge in [-0.2, -0.15) is 8.78 Å². The Balaban J connectivity index is 2.32. The second-order valence-electron chi connectivity index (χ2n) is 4.18. The van der Waals surface area contributed by atoms with Gasteiger partial charge in [-0.05, 0) is 52.9 Å². The summed E-state index contributed by atoms with van der Waals surface area (Å²) < 4.78 is 35.4. The van der Waals surface area contributed by atoms with Crippen molar-refractivity contribution in [2.75, 3.05) is 12.4 Å². The molecule has 4 nitrogen and oxygen atoms in total. The minimum absolute atomic E-state index is 0.0292. The first-order valence-electron chi connectivity index (χ1n) is 6.20. The van der Waals surface area contributed by atoms with Gasteiger partial charge in [0.25, 0.3) is 5.91 Å². The molecule has 116 valence electrons. The first kappa shape index (κ1) is 16.5. The minimum atomic E-state index is -3.06. The molecule has 0 aliphatic heterocycles. The first-order valence-corrected chi connectivity index (χ1v) is 7.28. The number of methoxy groups -OCH3 is 1. The molecule has 2 rings (SSSR count). The van der Waals surface area contributed by atoms with Crippen molar-refractivity contribution < 1.29 is 23.0 Å². The summed E-state index contributed by atoms with van der Waals surface area (Å²) in [7, 11) is 1.31. The lowest BCUT2D eigenvalue weighted by Crippen LogP contribution is -2.15.